The molecule has 0 aliphatic heterocycles. The second-order valence-corrected chi connectivity index (χ2v) is 6.29. The van der Waals surface area contributed by atoms with Crippen LogP contribution < -0.4 is 0 Å². The van der Waals surface area contributed by atoms with Crippen LogP contribution in [-0.4, -0.2) is 34.9 Å². The van der Waals surface area contributed by atoms with Crippen molar-refractivity contribution in [2.75, 3.05) is 7.11 Å². The minimum absolute atomic E-state index is 0.0615. The van der Waals surface area contributed by atoms with Crippen molar-refractivity contribution in [2.45, 2.75) is 59.0 Å². The van der Waals surface area contributed by atoms with Crippen LogP contribution >= 0.6 is 0 Å². The predicted molar refractivity (Wildman–Crippen MR) is 85.8 cm³/mol. The molecule has 2 N–H and O–H groups in total. The molecule has 0 saturated heterocycles. The molecule has 0 spiro atoms. The topological polar surface area (TPSA) is 83.8 Å². The molecule has 5 nitrogen and oxygen atoms in total. The molecule has 0 aromatic carbocycles. The van der Waals surface area contributed by atoms with Gasteiger partial charge in [-0.15, -0.1) is 0 Å². The summed E-state index contributed by atoms with van der Waals surface area (Å²) in [6, 6.07) is 0. The van der Waals surface area contributed by atoms with Crippen molar-refractivity contribution in [3.05, 3.63) is 23.3 Å². The highest BCUT2D eigenvalue weighted by Gasteiger charge is 2.16. The smallest absolute Gasteiger partial charge is 0.335 e. The average Bonchev–Trinajstić information content (AvgIpc) is 2.37. The van der Waals surface area contributed by atoms with Crippen molar-refractivity contribution in [1.29, 1.82) is 0 Å². The van der Waals surface area contributed by atoms with Crippen LogP contribution in [0.15, 0.2) is 23.3 Å². The van der Waals surface area contributed by atoms with Crippen molar-refractivity contribution in [3.63, 3.8) is 0 Å². The van der Waals surface area contributed by atoms with Crippen molar-refractivity contribution in [2.24, 2.45) is 5.92 Å². The molecule has 0 fully saturated rings. The lowest BCUT2D eigenvalue weighted by Crippen LogP contribution is -2.22. The van der Waals surface area contributed by atoms with Gasteiger partial charge >= 0.3 is 11.9 Å². The Morgan fingerprint density at radius 1 is 1.27 bits per heavy atom. The van der Waals surface area contributed by atoms with Crippen LogP contribution in [-0.2, 0) is 14.3 Å². The zero-order chi connectivity index (χ0) is 17.3. The Kier molecular flexibility index (Phi) is 8.72. The molecule has 0 aliphatic rings. The molecule has 1 atom stereocenters. The van der Waals surface area contributed by atoms with Gasteiger partial charge in [0.2, 0.25) is 0 Å². The first-order chi connectivity index (χ1) is 10.1. The Hall–Kier alpha value is -1.62. The fourth-order valence-electron chi connectivity index (χ4n) is 2.10. The van der Waals surface area contributed by atoms with Crippen LogP contribution in [0.2, 0.25) is 0 Å². The molecule has 0 rings (SSSR count). The number of carbonyl (C=O) groups is 2. The highest BCUT2D eigenvalue weighted by atomic mass is 16.5. The zero-order valence-electron chi connectivity index (χ0n) is 14.2. The lowest BCUT2D eigenvalue weighted by molar-refractivity contribution is -0.132. The van der Waals surface area contributed by atoms with E-state index in [0.717, 1.165) is 25.3 Å². The van der Waals surface area contributed by atoms with Crippen molar-refractivity contribution in [3.8, 4) is 0 Å². The molecule has 126 valence electrons. The van der Waals surface area contributed by atoms with Gasteiger partial charge in [0.25, 0.3) is 0 Å². The summed E-state index contributed by atoms with van der Waals surface area (Å²) >= 11 is 0. The summed E-state index contributed by atoms with van der Waals surface area (Å²) in [6.45, 7) is 7.65. The molecule has 0 radical (unpaired) electrons. The summed E-state index contributed by atoms with van der Waals surface area (Å²) in [6.07, 6.45) is 6.07. The first kappa shape index (κ1) is 20.4. The third-order valence-corrected chi connectivity index (χ3v) is 3.75. The van der Waals surface area contributed by atoms with Gasteiger partial charge in [-0.3, -0.25) is 0 Å². The van der Waals surface area contributed by atoms with Crippen LogP contribution in [0.1, 0.15) is 53.4 Å². The molecule has 0 heterocycles. The second-order valence-electron chi connectivity index (χ2n) is 6.29. The second kappa shape index (κ2) is 9.41. The van der Waals surface area contributed by atoms with Crippen molar-refractivity contribution in [1.82, 2.24) is 0 Å². The number of rotatable bonds is 10. The maximum atomic E-state index is 11.2. The number of methoxy groups -OCH3 is 1. The highest BCUT2D eigenvalue weighted by molar-refractivity contribution is 5.94. The molecule has 0 bridgehead atoms. The lowest BCUT2D eigenvalue weighted by Gasteiger charge is -2.23. The Balaban J connectivity index is 4.57. The summed E-state index contributed by atoms with van der Waals surface area (Å²) in [5.41, 5.74) is 0.182. The molecule has 0 aliphatic carbocycles. The Morgan fingerprint density at radius 2 is 1.86 bits per heavy atom. The lowest BCUT2D eigenvalue weighted by atomic mass is 9.93. The first-order valence-electron chi connectivity index (χ1n) is 7.49. The number of hydrogen-bond donors (Lipinski definition) is 2. The van der Waals surface area contributed by atoms with E-state index in [2.05, 4.69) is 6.92 Å². The van der Waals surface area contributed by atoms with Gasteiger partial charge in [0, 0.05) is 13.2 Å². The van der Waals surface area contributed by atoms with Crippen LogP contribution in [0.5, 0.6) is 0 Å². The summed E-state index contributed by atoms with van der Waals surface area (Å²) in [4.78, 5) is 21.8. The quantitative estimate of drug-likeness (QED) is 0.475. The summed E-state index contributed by atoms with van der Waals surface area (Å²) < 4.78 is 5.36. The third-order valence-electron chi connectivity index (χ3n) is 3.75. The number of carboxylic acid groups (broad SMARTS) is 2. The highest BCUT2D eigenvalue weighted by Crippen LogP contribution is 2.21. The van der Waals surface area contributed by atoms with Crippen LogP contribution in [0.3, 0.4) is 0 Å². The Bertz CT molecular complexity index is 446. The van der Waals surface area contributed by atoms with Crippen molar-refractivity contribution < 1.29 is 24.5 Å². The first-order valence-corrected chi connectivity index (χ1v) is 7.49. The molecular weight excluding hydrogens is 284 g/mol. The Morgan fingerprint density at radius 3 is 2.32 bits per heavy atom. The maximum absolute atomic E-state index is 11.2. The van der Waals surface area contributed by atoms with E-state index in [0.29, 0.717) is 12.3 Å². The fraction of sp³-hybridized carbons (Fsp3) is 0.647. The number of ether oxygens (including phenoxy) is 1. The maximum Gasteiger partial charge on any atom is 0.335 e. The predicted octanol–water partition coefficient (Wildman–Crippen LogP) is 3.65. The Labute approximate surface area is 132 Å². The van der Waals surface area contributed by atoms with Gasteiger partial charge in [-0.1, -0.05) is 25.8 Å². The minimum Gasteiger partial charge on any atom is -0.478 e. The molecule has 0 saturated carbocycles. The average molecular weight is 312 g/mol. The van der Waals surface area contributed by atoms with Crippen molar-refractivity contribution >= 4 is 11.9 Å². The normalized spacial score (nSPS) is 14.8. The minimum atomic E-state index is -1.14. The van der Waals surface area contributed by atoms with E-state index < -0.39 is 11.9 Å². The third kappa shape index (κ3) is 8.62. The van der Waals surface area contributed by atoms with E-state index in [-0.39, 0.29) is 16.7 Å². The SMILES string of the molecule is COC(C)(C)CCC[C@H](C)C/C=C(C(=O)O)\C(C)=C/C(=O)O. The van der Waals surface area contributed by atoms with E-state index in [1.54, 1.807) is 13.2 Å². The van der Waals surface area contributed by atoms with Gasteiger partial charge < -0.3 is 14.9 Å². The molecule has 0 amide bonds. The molecule has 5 heteroatoms. The van der Waals surface area contributed by atoms with Crippen LogP contribution in [0, 0.1) is 5.92 Å². The summed E-state index contributed by atoms with van der Waals surface area (Å²) in [5.74, 6) is -1.90. The number of aliphatic carboxylic acids is 2. The van der Waals surface area contributed by atoms with E-state index in [1.165, 1.54) is 6.92 Å². The van der Waals surface area contributed by atoms with E-state index in [9.17, 15) is 9.59 Å². The van der Waals surface area contributed by atoms with E-state index in [4.69, 9.17) is 14.9 Å². The van der Waals surface area contributed by atoms with Crippen LogP contribution in [0.4, 0.5) is 0 Å². The number of carboxylic acids is 2. The van der Waals surface area contributed by atoms with E-state index >= 15 is 0 Å². The van der Waals surface area contributed by atoms with Crippen LogP contribution in [0.25, 0.3) is 0 Å². The fourth-order valence-corrected chi connectivity index (χ4v) is 2.10. The number of allylic oxidation sites excluding steroid dienone is 1. The largest absolute Gasteiger partial charge is 0.478 e. The standard InChI is InChI=1S/C17H28O5/c1-12(7-6-10-17(3,4)22-5)8-9-14(16(20)21)13(2)11-15(18)19/h9,11-12H,6-8,10H2,1-5H3,(H,18,19)(H,20,21)/b13-11-,14-9+/t12-/m0/s1. The monoisotopic (exact) mass is 312 g/mol. The van der Waals surface area contributed by atoms with Gasteiger partial charge in [0.1, 0.15) is 0 Å². The van der Waals surface area contributed by atoms with Gasteiger partial charge in [0.15, 0.2) is 0 Å². The molecule has 22 heavy (non-hydrogen) atoms. The van der Waals surface area contributed by atoms with Gasteiger partial charge in [-0.25, -0.2) is 9.59 Å². The van der Waals surface area contributed by atoms with E-state index in [1.807, 2.05) is 13.8 Å². The van der Waals surface area contributed by atoms with Gasteiger partial charge in [0.05, 0.1) is 11.2 Å². The number of hydrogen-bond acceptors (Lipinski definition) is 3. The molecule has 0 unspecified atom stereocenters. The molecular formula is C17H28O5. The van der Waals surface area contributed by atoms with Gasteiger partial charge in [-0.2, -0.15) is 0 Å². The molecule has 0 aromatic heterocycles. The van der Waals surface area contributed by atoms with Gasteiger partial charge in [-0.05, 0) is 45.1 Å². The molecule has 0 aromatic rings. The zero-order valence-corrected chi connectivity index (χ0v) is 14.2. The summed E-state index contributed by atoms with van der Waals surface area (Å²) in [5, 5.41) is 17.9. The summed E-state index contributed by atoms with van der Waals surface area (Å²) in [7, 11) is 1.70.